The topological polar surface area (TPSA) is 50.4 Å². The third-order valence-corrected chi connectivity index (χ3v) is 3.71. The number of carbonyl (C=O) groups is 1. The summed E-state index contributed by atoms with van der Waals surface area (Å²) in [7, 11) is 1.67. The van der Waals surface area contributed by atoms with Crippen LogP contribution in [0.15, 0.2) is 41.8 Å². The normalized spacial score (nSPS) is 10.2. The minimum Gasteiger partial charge on any atom is -0.496 e. The largest absolute Gasteiger partial charge is 0.496 e. The summed E-state index contributed by atoms with van der Waals surface area (Å²) in [4.78, 5) is 12.4. The molecular formula is C15H18N2O2S. The average Bonchev–Trinajstić information content (AvgIpc) is 3.01. The Hall–Kier alpha value is -1.85. The molecule has 0 radical (unpaired) electrons. The maximum Gasteiger partial charge on any atom is 0.261 e. The van der Waals surface area contributed by atoms with Gasteiger partial charge >= 0.3 is 0 Å². The first-order chi connectivity index (χ1) is 9.81. The summed E-state index contributed by atoms with van der Waals surface area (Å²) in [6, 6.07) is 11.6. The van der Waals surface area contributed by atoms with Crippen molar-refractivity contribution in [3.05, 3.63) is 52.2 Å². The number of ether oxygens (including phenoxy) is 1. The van der Waals surface area contributed by atoms with Crippen molar-refractivity contribution in [1.29, 1.82) is 0 Å². The summed E-state index contributed by atoms with van der Waals surface area (Å²) >= 11 is 1.45. The van der Waals surface area contributed by atoms with Crippen molar-refractivity contribution in [2.24, 2.45) is 0 Å². The van der Waals surface area contributed by atoms with Crippen LogP contribution in [0.5, 0.6) is 5.75 Å². The Morgan fingerprint density at radius 2 is 2.05 bits per heavy atom. The molecule has 2 aromatic rings. The van der Waals surface area contributed by atoms with E-state index >= 15 is 0 Å². The predicted molar refractivity (Wildman–Crippen MR) is 81.4 cm³/mol. The van der Waals surface area contributed by atoms with Crippen LogP contribution in [0.1, 0.15) is 15.2 Å². The first-order valence-electron chi connectivity index (χ1n) is 6.45. The van der Waals surface area contributed by atoms with E-state index in [0.29, 0.717) is 6.54 Å². The number of thiophene rings is 1. The molecule has 0 aliphatic rings. The van der Waals surface area contributed by atoms with Crippen LogP contribution in [0, 0.1) is 0 Å². The lowest BCUT2D eigenvalue weighted by Crippen LogP contribution is -2.31. The number of nitrogens with one attached hydrogen (secondary N) is 2. The molecule has 1 aromatic heterocycles. The number of methoxy groups -OCH3 is 1. The van der Waals surface area contributed by atoms with Gasteiger partial charge in [-0.3, -0.25) is 4.79 Å². The number of carbonyl (C=O) groups excluding carboxylic acids is 1. The summed E-state index contributed by atoms with van der Waals surface area (Å²) in [5.74, 6) is 0.863. The smallest absolute Gasteiger partial charge is 0.261 e. The van der Waals surface area contributed by atoms with Crippen molar-refractivity contribution in [3.8, 4) is 5.75 Å². The van der Waals surface area contributed by atoms with E-state index in [4.69, 9.17) is 4.74 Å². The molecule has 106 valence electrons. The Morgan fingerprint density at radius 3 is 2.80 bits per heavy atom. The molecule has 1 aromatic carbocycles. The highest BCUT2D eigenvalue weighted by atomic mass is 32.1. The molecule has 1 amide bonds. The molecule has 0 bridgehead atoms. The number of benzene rings is 1. The van der Waals surface area contributed by atoms with Crippen molar-refractivity contribution in [1.82, 2.24) is 10.6 Å². The molecule has 5 heteroatoms. The van der Waals surface area contributed by atoms with Crippen LogP contribution < -0.4 is 15.4 Å². The number of rotatable bonds is 7. The standard InChI is InChI=1S/C15H18N2O2S/c1-19-13-6-3-2-5-12(13)11-16-8-9-17-15(18)14-7-4-10-20-14/h2-7,10,16H,8-9,11H2,1H3,(H,17,18). The summed E-state index contributed by atoms with van der Waals surface area (Å²) in [6.07, 6.45) is 0. The van der Waals surface area contributed by atoms with Gasteiger partial charge in [-0.25, -0.2) is 0 Å². The third kappa shape index (κ3) is 4.08. The Labute approximate surface area is 122 Å². The second-order valence-corrected chi connectivity index (χ2v) is 5.17. The van der Waals surface area contributed by atoms with Gasteiger partial charge in [0, 0.05) is 25.2 Å². The lowest BCUT2D eigenvalue weighted by molar-refractivity contribution is 0.0958. The monoisotopic (exact) mass is 290 g/mol. The molecule has 2 rings (SSSR count). The molecule has 0 saturated carbocycles. The molecule has 0 aliphatic carbocycles. The van der Waals surface area contributed by atoms with Crippen molar-refractivity contribution >= 4 is 17.2 Å². The van der Waals surface area contributed by atoms with Crippen molar-refractivity contribution < 1.29 is 9.53 Å². The highest BCUT2D eigenvalue weighted by Crippen LogP contribution is 2.16. The van der Waals surface area contributed by atoms with Gasteiger partial charge in [0.2, 0.25) is 0 Å². The van der Waals surface area contributed by atoms with E-state index in [2.05, 4.69) is 10.6 Å². The zero-order valence-corrected chi connectivity index (χ0v) is 12.2. The van der Waals surface area contributed by atoms with E-state index in [-0.39, 0.29) is 5.91 Å². The molecule has 0 aliphatic heterocycles. The highest BCUT2D eigenvalue weighted by molar-refractivity contribution is 7.12. The Bertz CT molecular complexity index is 541. The van der Waals surface area contributed by atoms with Crippen LogP contribution in [-0.4, -0.2) is 26.1 Å². The van der Waals surface area contributed by atoms with Gasteiger partial charge in [-0.1, -0.05) is 24.3 Å². The summed E-state index contributed by atoms with van der Waals surface area (Å²) in [5.41, 5.74) is 1.11. The van der Waals surface area contributed by atoms with Gasteiger partial charge in [0.05, 0.1) is 12.0 Å². The van der Waals surface area contributed by atoms with E-state index in [1.54, 1.807) is 7.11 Å². The van der Waals surface area contributed by atoms with Crippen LogP contribution in [0.4, 0.5) is 0 Å². The fraction of sp³-hybridized carbons (Fsp3) is 0.267. The molecular weight excluding hydrogens is 272 g/mol. The maximum atomic E-state index is 11.7. The maximum absolute atomic E-state index is 11.7. The fourth-order valence-electron chi connectivity index (χ4n) is 1.83. The summed E-state index contributed by atoms with van der Waals surface area (Å²) < 4.78 is 5.28. The van der Waals surface area contributed by atoms with E-state index in [9.17, 15) is 4.79 Å². The first kappa shape index (κ1) is 14.6. The zero-order valence-electron chi connectivity index (χ0n) is 11.4. The van der Waals surface area contributed by atoms with Crippen LogP contribution in [0.25, 0.3) is 0 Å². The molecule has 0 unspecified atom stereocenters. The molecule has 0 fully saturated rings. The van der Waals surface area contributed by atoms with E-state index < -0.39 is 0 Å². The Kier molecular flexibility index (Phi) is 5.58. The van der Waals surface area contributed by atoms with E-state index in [1.807, 2.05) is 41.8 Å². The summed E-state index contributed by atoms with van der Waals surface area (Å²) in [6.45, 7) is 2.04. The average molecular weight is 290 g/mol. The number of para-hydroxylation sites is 1. The SMILES string of the molecule is COc1ccccc1CNCCNC(=O)c1cccs1. The predicted octanol–water partition coefficient (Wildman–Crippen LogP) is 2.28. The molecule has 20 heavy (non-hydrogen) atoms. The molecule has 0 atom stereocenters. The van der Waals surface area contributed by atoms with Gasteiger partial charge in [0.1, 0.15) is 5.75 Å². The van der Waals surface area contributed by atoms with Crippen LogP contribution >= 0.6 is 11.3 Å². The van der Waals surface area contributed by atoms with Gasteiger partial charge in [0.15, 0.2) is 0 Å². The molecule has 4 nitrogen and oxygen atoms in total. The number of amides is 1. The molecule has 2 N–H and O–H groups in total. The van der Waals surface area contributed by atoms with Crippen molar-refractivity contribution in [2.75, 3.05) is 20.2 Å². The highest BCUT2D eigenvalue weighted by Gasteiger charge is 2.05. The first-order valence-corrected chi connectivity index (χ1v) is 7.33. The second kappa shape index (κ2) is 7.67. The third-order valence-electron chi connectivity index (χ3n) is 2.84. The van der Waals surface area contributed by atoms with Crippen molar-refractivity contribution in [3.63, 3.8) is 0 Å². The molecule has 0 spiro atoms. The minimum absolute atomic E-state index is 0.0147. The number of hydrogen-bond acceptors (Lipinski definition) is 4. The summed E-state index contributed by atoms with van der Waals surface area (Å²) in [5, 5.41) is 8.06. The number of hydrogen-bond donors (Lipinski definition) is 2. The van der Waals surface area contributed by atoms with Gasteiger partial charge < -0.3 is 15.4 Å². The molecule has 1 heterocycles. The lowest BCUT2D eigenvalue weighted by Gasteiger charge is -2.09. The molecule has 0 saturated heterocycles. The lowest BCUT2D eigenvalue weighted by atomic mass is 10.2. The zero-order chi connectivity index (χ0) is 14.2. The Morgan fingerprint density at radius 1 is 1.20 bits per heavy atom. The minimum atomic E-state index is -0.0147. The fourth-order valence-corrected chi connectivity index (χ4v) is 2.47. The van der Waals surface area contributed by atoms with Crippen molar-refractivity contribution in [2.45, 2.75) is 6.54 Å². The van der Waals surface area contributed by atoms with Gasteiger partial charge in [-0.2, -0.15) is 0 Å². The van der Waals surface area contributed by atoms with E-state index in [1.165, 1.54) is 11.3 Å². The van der Waals surface area contributed by atoms with E-state index in [0.717, 1.165) is 29.3 Å². The van der Waals surface area contributed by atoms with Gasteiger partial charge in [-0.15, -0.1) is 11.3 Å². The van der Waals surface area contributed by atoms with Crippen LogP contribution in [-0.2, 0) is 6.54 Å². The van der Waals surface area contributed by atoms with Crippen LogP contribution in [0.2, 0.25) is 0 Å². The quantitative estimate of drug-likeness (QED) is 0.769. The van der Waals surface area contributed by atoms with Crippen LogP contribution in [0.3, 0.4) is 0 Å². The second-order valence-electron chi connectivity index (χ2n) is 4.22. The van der Waals surface area contributed by atoms with Gasteiger partial charge in [-0.05, 0) is 17.5 Å². The van der Waals surface area contributed by atoms with Gasteiger partial charge in [0.25, 0.3) is 5.91 Å². The Balaban J connectivity index is 1.68.